The van der Waals surface area contributed by atoms with Crippen LogP contribution in [-0.4, -0.2) is 55.5 Å². The summed E-state index contributed by atoms with van der Waals surface area (Å²) < 4.78 is 41.0. The maximum Gasteiger partial charge on any atom is 0.257 e. The molecule has 0 aromatic heterocycles. The molecule has 144 valence electrons. The van der Waals surface area contributed by atoms with E-state index in [0.717, 1.165) is 43.9 Å². The quantitative estimate of drug-likeness (QED) is 0.871. The van der Waals surface area contributed by atoms with Gasteiger partial charge in [-0.05, 0) is 36.9 Å². The van der Waals surface area contributed by atoms with E-state index in [1.165, 1.54) is 18.2 Å². The highest BCUT2D eigenvalue weighted by Crippen LogP contribution is 2.22. The van der Waals surface area contributed by atoms with Gasteiger partial charge in [-0.2, -0.15) is 0 Å². The zero-order valence-corrected chi connectivity index (χ0v) is 15.1. The number of carbonyl (C=O) groups excluding carboxylic acids is 1. The van der Waals surface area contributed by atoms with Gasteiger partial charge < -0.3 is 10.2 Å². The minimum atomic E-state index is -0.898. The first-order valence-electron chi connectivity index (χ1n) is 8.86. The van der Waals surface area contributed by atoms with Gasteiger partial charge in [0.2, 0.25) is 0 Å². The molecule has 0 unspecified atom stereocenters. The molecule has 1 atom stereocenters. The van der Waals surface area contributed by atoms with E-state index in [9.17, 15) is 18.0 Å². The number of likely N-dealkylation sites (N-methyl/N-ethyl adjacent to an activating group) is 1. The molecule has 0 bridgehead atoms. The minimum absolute atomic E-state index is 0.169. The van der Waals surface area contributed by atoms with E-state index in [4.69, 9.17) is 0 Å². The second kappa shape index (κ2) is 8.54. The predicted molar refractivity (Wildman–Crippen MR) is 96.9 cm³/mol. The van der Waals surface area contributed by atoms with Crippen LogP contribution in [0.2, 0.25) is 0 Å². The monoisotopic (exact) mass is 377 g/mol. The highest BCUT2D eigenvalue weighted by Gasteiger charge is 2.25. The van der Waals surface area contributed by atoms with E-state index in [2.05, 4.69) is 15.1 Å². The van der Waals surface area contributed by atoms with Gasteiger partial charge in [-0.3, -0.25) is 9.69 Å². The first kappa shape index (κ1) is 19.4. The zero-order valence-electron chi connectivity index (χ0n) is 15.1. The molecule has 0 radical (unpaired) electrons. The van der Waals surface area contributed by atoms with Crippen molar-refractivity contribution < 1.29 is 18.0 Å². The smallest absolute Gasteiger partial charge is 0.257 e. The molecule has 1 N–H and O–H groups in total. The van der Waals surface area contributed by atoms with Crippen LogP contribution in [0.5, 0.6) is 0 Å². The second-order valence-corrected chi connectivity index (χ2v) is 6.71. The molecule has 2 aromatic carbocycles. The zero-order chi connectivity index (χ0) is 19.4. The van der Waals surface area contributed by atoms with Gasteiger partial charge in [0, 0.05) is 32.7 Å². The Kier molecular flexibility index (Phi) is 6.13. The molecule has 27 heavy (non-hydrogen) atoms. The first-order valence-corrected chi connectivity index (χ1v) is 8.86. The van der Waals surface area contributed by atoms with Crippen LogP contribution in [0.4, 0.5) is 13.2 Å². The van der Waals surface area contributed by atoms with Gasteiger partial charge in [0.1, 0.15) is 23.0 Å². The summed E-state index contributed by atoms with van der Waals surface area (Å²) in [7, 11) is 2.03. The van der Waals surface area contributed by atoms with Crippen molar-refractivity contribution in [2.75, 3.05) is 39.8 Å². The molecule has 7 heteroatoms. The average Bonchev–Trinajstić information content (AvgIpc) is 2.64. The fraction of sp³-hybridized carbons (Fsp3) is 0.350. The number of hydrogen-bond donors (Lipinski definition) is 1. The van der Waals surface area contributed by atoms with Crippen LogP contribution in [-0.2, 0) is 0 Å². The molecular weight excluding hydrogens is 355 g/mol. The number of benzene rings is 2. The highest BCUT2D eigenvalue weighted by atomic mass is 19.1. The van der Waals surface area contributed by atoms with Crippen LogP contribution in [0.3, 0.4) is 0 Å². The Morgan fingerprint density at radius 3 is 2.19 bits per heavy atom. The Balaban J connectivity index is 1.77. The lowest BCUT2D eigenvalue weighted by atomic mass is 10.0. The number of amides is 1. The Hall–Kier alpha value is -2.38. The molecule has 0 spiro atoms. The van der Waals surface area contributed by atoms with Gasteiger partial charge in [-0.1, -0.05) is 18.2 Å². The molecule has 3 rings (SSSR count). The van der Waals surface area contributed by atoms with E-state index in [1.807, 2.05) is 7.05 Å². The van der Waals surface area contributed by atoms with Crippen molar-refractivity contribution in [3.63, 3.8) is 0 Å². The van der Waals surface area contributed by atoms with Crippen LogP contribution in [0.15, 0.2) is 42.5 Å². The van der Waals surface area contributed by atoms with E-state index in [-0.39, 0.29) is 18.4 Å². The summed E-state index contributed by atoms with van der Waals surface area (Å²) in [5.41, 5.74) is 0.254. The lowest BCUT2D eigenvalue weighted by molar-refractivity contribution is 0.0879. The van der Waals surface area contributed by atoms with Crippen LogP contribution >= 0.6 is 0 Å². The Morgan fingerprint density at radius 2 is 1.59 bits per heavy atom. The molecule has 0 aliphatic carbocycles. The molecule has 1 saturated heterocycles. The van der Waals surface area contributed by atoms with Gasteiger partial charge in [0.25, 0.3) is 5.91 Å². The van der Waals surface area contributed by atoms with Crippen molar-refractivity contribution >= 4 is 5.91 Å². The molecule has 4 nitrogen and oxygen atoms in total. The van der Waals surface area contributed by atoms with E-state index in [1.54, 1.807) is 12.1 Å². The summed E-state index contributed by atoms with van der Waals surface area (Å²) in [6, 6.07) is 9.20. The van der Waals surface area contributed by atoms with Gasteiger partial charge >= 0.3 is 0 Å². The summed E-state index contributed by atoms with van der Waals surface area (Å²) in [5, 5.41) is 2.63. The summed E-state index contributed by atoms with van der Waals surface area (Å²) in [6.45, 7) is 3.47. The summed E-state index contributed by atoms with van der Waals surface area (Å²) in [4.78, 5) is 16.7. The number of nitrogens with one attached hydrogen (secondary N) is 1. The molecular formula is C20H22F3N3O. The first-order chi connectivity index (χ1) is 13.0. The standard InChI is InChI=1S/C20H22F3N3O/c1-25-9-11-26(12-10-25)18(14-5-7-15(21)8-6-14)13-24-20(27)19-16(22)3-2-4-17(19)23/h2-8,18H,9-13H2,1H3,(H,24,27)/t18-/m1/s1. The number of rotatable bonds is 5. The van der Waals surface area contributed by atoms with Crippen molar-refractivity contribution in [3.8, 4) is 0 Å². The van der Waals surface area contributed by atoms with Crippen LogP contribution < -0.4 is 5.32 Å². The maximum absolute atomic E-state index is 13.8. The van der Waals surface area contributed by atoms with Crippen LogP contribution in [0.25, 0.3) is 0 Å². The molecule has 1 fully saturated rings. The minimum Gasteiger partial charge on any atom is -0.350 e. The SMILES string of the molecule is CN1CCN([C@H](CNC(=O)c2c(F)cccc2F)c2ccc(F)cc2)CC1. The Labute approximate surface area is 156 Å². The van der Waals surface area contributed by atoms with Gasteiger partial charge in [-0.25, -0.2) is 13.2 Å². The fourth-order valence-electron chi connectivity index (χ4n) is 3.27. The normalized spacial score (nSPS) is 16.9. The molecule has 2 aromatic rings. The van der Waals surface area contributed by atoms with Crippen LogP contribution in [0.1, 0.15) is 22.0 Å². The molecule has 1 aliphatic rings. The third-order valence-corrected chi connectivity index (χ3v) is 4.88. The average molecular weight is 377 g/mol. The summed E-state index contributed by atoms with van der Waals surface area (Å²) in [6.07, 6.45) is 0. The Morgan fingerprint density at radius 1 is 1.00 bits per heavy atom. The van der Waals surface area contributed by atoms with E-state index < -0.39 is 23.1 Å². The molecule has 1 amide bonds. The number of hydrogen-bond acceptors (Lipinski definition) is 3. The second-order valence-electron chi connectivity index (χ2n) is 6.71. The predicted octanol–water partition coefficient (Wildman–Crippen LogP) is 2.82. The number of halogens is 3. The molecule has 1 aliphatic heterocycles. The third-order valence-electron chi connectivity index (χ3n) is 4.88. The van der Waals surface area contributed by atoms with Crippen molar-refractivity contribution in [1.82, 2.24) is 15.1 Å². The van der Waals surface area contributed by atoms with Crippen molar-refractivity contribution in [2.24, 2.45) is 0 Å². The lowest BCUT2D eigenvalue weighted by Crippen LogP contribution is -2.48. The number of piperazine rings is 1. The fourth-order valence-corrected chi connectivity index (χ4v) is 3.27. The number of nitrogens with zero attached hydrogens (tertiary/aromatic N) is 2. The van der Waals surface area contributed by atoms with Gasteiger partial charge in [0.05, 0.1) is 6.04 Å². The van der Waals surface area contributed by atoms with Gasteiger partial charge in [-0.15, -0.1) is 0 Å². The highest BCUT2D eigenvalue weighted by molar-refractivity contribution is 5.94. The Bertz CT molecular complexity index is 769. The largest absolute Gasteiger partial charge is 0.350 e. The summed E-state index contributed by atoms with van der Waals surface area (Å²) >= 11 is 0. The molecule has 1 heterocycles. The van der Waals surface area contributed by atoms with Crippen LogP contribution in [0, 0.1) is 17.5 Å². The summed E-state index contributed by atoms with van der Waals surface area (Å²) in [5.74, 6) is -2.93. The maximum atomic E-state index is 13.8. The van der Waals surface area contributed by atoms with Crippen molar-refractivity contribution in [1.29, 1.82) is 0 Å². The van der Waals surface area contributed by atoms with Crippen molar-refractivity contribution in [3.05, 3.63) is 71.0 Å². The number of carbonyl (C=O) groups is 1. The van der Waals surface area contributed by atoms with Crippen molar-refractivity contribution in [2.45, 2.75) is 6.04 Å². The molecule has 0 saturated carbocycles. The van der Waals surface area contributed by atoms with E-state index >= 15 is 0 Å². The lowest BCUT2D eigenvalue weighted by Gasteiger charge is -2.38. The van der Waals surface area contributed by atoms with E-state index in [0.29, 0.717) is 0 Å². The topological polar surface area (TPSA) is 35.6 Å². The van der Waals surface area contributed by atoms with Gasteiger partial charge in [0.15, 0.2) is 0 Å². The third kappa shape index (κ3) is 4.67.